The fraction of sp³-hybridized carbons (Fsp3) is 0.440. The Kier molecular flexibility index (Phi) is 11.5. The summed E-state index contributed by atoms with van der Waals surface area (Å²) in [5, 5.41) is 6.72. The van der Waals surface area contributed by atoms with Crippen molar-refractivity contribution >= 4 is 41.5 Å². The molecule has 0 spiro atoms. The Morgan fingerprint density at radius 3 is 2.42 bits per heavy atom. The molecule has 1 saturated carbocycles. The van der Waals surface area contributed by atoms with E-state index in [4.69, 9.17) is 20.2 Å². The standard InChI is InChI=1S/C25H34N4O3.HI/c1-18(2)32-23-12-10-22(11-13-23)29-25(27-14-3-15-31-17-20-4-5-20)28-16-19-6-8-21(9-7-19)24(26)30;/h6-13,18,20H,3-5,14-17H2,1-2H3,(H2,26,30)(H2,27,28,29);1H. The van der Waals surface area contributed by atoms with Gasteiger partial charge in [-0.2, -0.15) is 0 Å². The van der Waals surface area contributed by atoms with Crippen molar-refractivity contribution in [3.63, 3.8) is 0 Å². The number of carbonyl (C=O) groups is 1. The minimum absolute atomic E-state index is 0. The molecule has 0 aliphatic heterocycles. The number of nitrogens with two attached hydrogens (primary N) is 1. The van der Waals surface area contributed by atoms with E-state index in [-0.39, 0.29) is 30.1 Å². The Hall–Kier alpha value is -2.33. The molecule has 2 aromatic rings. The molecule has 180 valence electrons. The summed E-state index contributed by atoms with van der Waals surface area (Å²) in [6, 6.07) is 15.0. The Morgan fingerprint density at radius 2 is 1.82 bits per heavy atom. The van der Waals surface area contributed by atoms with E-state index in [1.165, 1.54) is 12.8 Å². The molecule has 3 rings (SSSR count). The van der Waals surface area contributed by atoms with Gasteiger partial charge in [-0.05, 0) is 81.0 Å². The van der Waals surface area contributed by atoms with Crippen LogP contribution in [0.5, 0.6) is 5.75 Å². The topological polar surface area (TPSA) is 98.0 Å². The summed E-state index contributed by atoms with van der Waals surface area (Å²) in [6.45, 7) is 6.86. The van der Waals surface area contributed by atoms with Crippen molar-refractivity contribution in [3.05, 3.63) is 59.7 Å². The molecule has 0 saturated heterocycles. The quantitative estimate of drug-likeness (QED) is 0.152. The van der Waals surface area contributed by atoms with E-state index in [1.807, 2.05) is 50.2 Å². The zero-order chi connectivity index (χ0) is 22.8. The lowest BCUT2D eigenvalue weighted by molar-refractivity contribution is 0.1000. The SMILES string of the molecule is CC(C)Oc1ccc(NC(=NCc2ccc(C(N)=O)cc2)NCCCOCC2CC2)cc1.I. The first kappa shape index (κ1) is 26.9. The molecule has 0 aromatic heterocycles. The zero-order valence-corrected chi connectivity index (χ0v) is 21.7. The van der Waals surface area contributed by atoms with Crippen LogP contribution in [0.2, 0.25) is 0 Å². The van der Waals surface area contributed by atoms with Gasteiger partial charge in [-0.15, -0.1) is 24.0 Å². The van der Waals surface area contributed by atoms with Crippen LogP contribution in [0, 0.1) is 5.92 Å². The maximum absolute atomic E-state index is 11.3. The highest BCUT2D eigenvalue weighted by atomic mass is 127. The van der Waals surface area contributed by atoms with Crippen molar-refractivity contribution in [1.29, 1.82) is 0 Å². The minimum Gasteiger partial charge on any atom is -0.491 e. The largest absolute Gasteiger partial charge is 0.491 e. The van der Waals surface area contributed by atoms with Gasteiger partial charge in [0.25, 0.3) is 0 Å². The van der Waals surface area contributed by atoms with E-state index >= 15 is 0 Å². The summed E-state index contributed by atoms with van der Waals surface area (Å²) < 4.78 is 11.4. The fourth-order valence-electron chi connectivity index (χ4n) is 3.03. The minimum atomic E-state index is -0.433. The number of hydrogen-bond donors (Lipinski definition) is 3. The molecule has 1 aliphatic carbocycles. The van der Waals surface area contributed by atoms with E-state index in [0.29, 0.717) is 18.1 Å². The van der Waals surface area contributed by atoms with Crippen molar-refractivity contribution in [2.45, 2.75) is 45.8 Å². The molecule has 1 fully saturated rings. The van der Waals surface area contributed by atoms with Gasteiger partial charge >= 0.3 is 0 Å². The lowest BCUT2D eigenvalue weighted by atomic mass is 10.1. The lowest BCUT2D eigenvalue weighted by Gasteiger charge is -2.14. The van der Waals surface area contributed by atoms with Crippen LogP contribution in [0.15, 0.2) is 53.5 Å². The molecule has 7 nitrogen and oxygen atoms in total. The van der Waals surface area contributed by atoms with Crippen LogP contribution in [0.25, 0.3) is 0 Å². The van der Waals surface area contributed by atoms with E-state index < -0.39 is 5.91 Å². The van der Waals surface area contributed by atoms with E-state index in [0.717, 1.165) is 49.1 Å². The molecule has 4 N–H and O–H groups in total. The number of guanidine groups is 1. The van der Waals surface area contributed by atoms with Crippen LogP contribution in [-0.4, -0.2) is 37.7 Å². The van der Waals surface area contributed by atoms with Crippen molar-refractivity contribution in [1.82, 2.24) is 5.32 Å². The van der Waals surface area contributed by atoms with Gasteiger partial charge < -0.3 is 25.8 Å². The number of amides is 1. The number of halogens is 1. The number of ether oxygens (including phenoxy) is 2. The summed E-state index contributed by atoms with van der Waals surface area (Å²) in [7, 11) is 0. The Balaban J connectivity index is 0.00000385. The van der Waals surface area contributed by atoms with Crippen LogP contribution in [-0.2, 0) is 11.3 Å². The van der Waals surface area contributed by atoms with Crippen LogP contribution in [0.1, 0.15) is 49.0 Å². The molecule has 8 heteroatoms. The second-order valence-electron chi connectivity index (χ2n) is 8.34. The molecule has 0 atom stereocenters. The molecule has 2 aromatic carbocycles. The third kappa shape index (κ3) is 10.4. The summed E-state index contributed by atoms with van der Waals surface area (Å²) in [5.41, 5.74) is 7.71. The highest BCUT2D eigenvalue weighted by Gasteiger charge is 2.20. The molecule has 0 radical (unpaired) electrons. The molecular weight excluding hydrogens is 531 g/mol. The normalized spacial score (nSPS) is 13.4. The first-order valence-electron chi connectivity index (χ1n) is 11.3. The summed E-state index contributed by atoms with van der Waals surface area (Å²) in [5.74, 6) is 1.87. The smallest absolute Gasteiger partial charge is 0.248 e. The number of rotatable bonds is 12. The van der Waals surface area contributed by atoms with Gasteiger partial charge in [0.1, 0.15) is 5.75 Å². The number of primary amides is 1. The van der Waals surface area contributed by atoms with Crippen molar-refractivity contribution < 1.29 is 14.3 Å². The van der Waals surface area contributed by atoms with Crippen molar-refractivity contribution in [3.8, 4) is 5.75 Å². The van der Waals surface area contributed by atoms with Gasteiger partial charge in [-0.3, -0.25) is 4.79 Å². The predicted octanol–water partition coefficient (Wildman–Crippen LogP) is 4.57. The number of aliphatic imine (C=N–C) groups is 1. The van der Waals surface area contributed by atoms with Crippen LogP contribution in [0.3, 0.4) is 0 Å². The Morgan fingerprint density at radius 1 is 1.12 bits per heavy atom. The second-order valence-corrected chi connectivity index (χ2v) is 8.34. The second kappa shape index (κ2) is 14.0. The highest BCUT2D eigenvalue weighted by molar-refractivity contribution is 14.0. The van der Waals surface area contributed by atoms with Gasteiger partial charge in [0.05, 0.1) is 12.6 Å². The maximum atomic E-state index is 11.3. The number of benzene rings is 2. The number of nitrogens with zero attached hydrogens (tertiary/aromatic N) is 1. The summed E-state index contributed by atoms with van der Waals surface area (Å²) >= 11 is 0. The van der Waals surface area contributed by atoms with E-state index in [9.17, 15) is 4.79 Å². The van der Waals surface area contributed by atoms with Crippen LogP contribution in [0.4, 0.5) is 5.69 Å². The number of hydrogen-bond acceptors (Lipinski definition) is 4. The van der Waals surface area contributed by atoms with Gasteiger partial charge in [0, 0.05) is 31.0 Å². The Bertz CT molecular complexity index is 882. The maximum Gasteiger partial charge on any atom is 0.248 e. The highest BCUT2D eigenvalue weighted by Crippen LogP contribution is 2.28. The summed E-state index contributed by atoms with van der Waals surface area (Å²) in [6.07, 6.45) is 3.65. The molecule has 1 aliphatic rings. The molecule has 33 heavy (non-hydrogen) atoms. The molecule has 1 amide bonds. The number of anilines is 1. The average Bonchev–Trinajstić information content (AvgIpc) is 3.60. The molecule has 0 unspecified atom stereocenters. The van der Waals surface area contributed by atoms with Gasteiger partial charge in [0.15, 0.2) is 5.96 Å². The van der Waals surface area contributed by atoms with Crippen LogP contribution >= 0.6 is 24.0 Å². The molecule has 0 heterocycles. The molecule has 0 bridgehead atoms. The average molecular weight is 566 g/mol. The fourth-order valence-corrected chi connectivity index (χ4v) is 3.03. The van der Waals surface area contributed by atoms with Crippen molar-refractivity contribution in [2.75, 3.05) is 25.1 Å². The summed E-state index contributed by atoms with van der Waals surface area (Å²) in [4.78, 5) is 16.0. The zero-order valence-electron chi connectivity index (χ0n) is 19.4. The molecular formula is C25H35IN4O3. The third-order valence-electron chi connectivity index (χ3n) is 4.96. The third-order valence-corrected chi connectivity index (χ3v) is 4.96. The van der Waals surface area contributed by atoms with Gasteiger partial charge in [0.2, 0.25) is 5.91 Å². The van der Waals surface area contributed by atoms with Gasteiger partial charge in [-0.1, -0.05) is 12.1 Å². The predicted molar refractivity (Wildman–Crippen MR) is 144 cm³/mol. The number of carbonyl (C=O) groups excluding carboxylic acids is 1. The van der Waals surface area contributed by atoms with Crippen molar-refractivity contribution in [2.24, 2.45) is 16.6 Å². The van der Waals surface area contributed by atoms with E-state index in [2.05, 4.69) is 10.6 Å². The lowest BCUT2D eigenvalue weighted by Crippen LogP contribution is -2.32. The first-order valence-corrected chi connectivity index (χ1v) is 11.3. The first-order chi connectivity index (χ1) is 15.5. The van der Waals surface area contributed by atoms with Gasteiger partial charge in [-0.25, -0.2) is 4.99 Å². The van der Waals surface area contributed by atoms with E-state index in [1.54, 1.807) is 12.1 Å². The monoisotopic (exact) mass is 566 g/mol. The van der Waals surface area contributed by atoms with Crippen LogP contribution < -0.4 is 21.1 Å². The number of nitrogens with one attached hydrogen (secondary N) is 2. The Labute approximate surface area is 213 Å².